The molecular weight excluding hydrogens is 212 g/mol. The van der Waals surface area contributed by atoms with Crippen molar-refractivity contribution in [2.75, 3.05) is 0 Å². The van der Waals surface area contributed by atoms with E-state index in [2.05, 4.69) is 40.7 Å². The lowest BCUT2D eigenvalue weighted by molar-refractivity contribution is 0.959. The highest BCUT2D eigenvalue weighted by molar-refractivity contribution is 5.24. The molecule has 2 heterocycles. The zero-order valence-electron chi connectivity index (χ0n) is 11.0. The summed E-state index contributed by atoms with van der Waals surface area (Å²) >= 11 is 0. The zero-order valence-corrected chi connectivity index (χ0v) is 11.0. The van der Waals surface area contributed by atoms with E-state index in [1.165, 1.54) is 11.4 Å². The maximum absolute atomic E-state index is 4.59. The molecule has 0 spiro atoms. The molecule has 17 heavy (non-hydrogen) atoms. The fraction of sp³-hybridized carbons (Fsp3) is 0.538. The van der Waals surface area contributed by atoms with Crippen molar-refractivity contribution >= 4 is 0 Å². The third kappa shape index (κ3) is 2.40. The Morgan fingerprint density at radius 3 is 2.24 bits per heavy atom. The Kier molecular flexibility index (Phi) is 3.31. The topological polar surface area (TPSA) is 57.4 Å². The summed E-state index contributed by atoms with van der Waals surface area (Å²) in [6.07, 6.45) is 2.76. The van der Waals surface area contributed by atoms with Crippen LogP contribution in [0.3, 0.4) is 0 Å². The Morgan fingerprint density at radius 2 is 1.71 bits per heavy atom. The number of hydrogen-bond donors (Lipinski definition) is 2. The van der Waals surface area contributed by atoms with Gasteiger partial charge in [-0.1, -0.05) is 13.8 Å². The summed E-state index contributed by atoms with van der Waals surface area (Å²) in [6, 6.07) is 0. The maximum Gasteiger partial charge on any atom is 0.106 e. The van der Waals surface area contributed by atoms with Crippen LogP contribution < -0.4 is 0 Å². The van der Waals surface area contributed by atoms with Gasteiger partial charge >= 0.3 is 0 Å². The quantitative estimate of drug-likeness (QED) is 0.850. The third-order valence-corrected chi connectivity index (χ3v) is 3.03. The summed E-state index contributed by atoms with van der Waals surface area (Å²) in [5.41, 5.74) is 4.64. The number of aromatic amines is 2. The highest BCUT2D eigenvalue weighted by atomic mass is 15.0. The van der Waals surface area contributed by atoms with Gasteiger partial charge in [-0.15, -0.1) is 0 Å². The van der Waals surface area contributed by atoms with E-state index < -0.39 is 0 Å². The molecule has 0 unspecified atom stereocenters. The van der Waals surface area contributed by atoms with Crippen LogP contribution in [0.2, 0.25) is 0 Å². The van der Waals surface area contributed by atoms with Gasteiger partial charge in [-0.05, 0) is 20.3 Å². The molecule has 0 bridgehead atoms. The number of nitrogens with one attached hydrogen (secondary N) is 2. The molecule has 0 aliphatic heterocycles. The summed E-state index contributed by atoms with van der Waals surface area (Å²) in [6.45, 7) is 8.31. The SMILES string of the molecule is CCc1nc(CC)c(Cc2nc(C)[nH]c2C)[nH]1. The molecule has 4 heteroatoms. The first kappa shape index (κ1) is 11.9. The van der Waals surface area contributed by atoms with Crippen molar-refractivity contribution in [2.24, 2.45) is 0 Å². The van der Waals surface area contributed by atoms with Crippen LogP contribution in [0.25, 0.3) is 0 Å². The monoisotopic (exact) mass is 232 g/mol. The summed E-state index contributed by atoms with van der Waals surface area (Å²) in [4.78, 5) is 15.7. The largest absolute Gasteiger partial charge is 0.346 e. The van der Waals surface area contributed by atoms with E-state index in [4.69, 9.17) is 0 Å². The van der Waals surface area contributed by atoms with Gasteiger partial charge in [0.15, 0.2) is 0 Å². The summed E-state index contributed by atoms with van der Waals surface area (Å²) in [5, 5.41) is 0. The summed E-state index contributed by atoms with van der Waals surface area (Å²) in [7, 11) is 0. The standard InChI is InChI=1S/C13H20N4/c1-5-10-12(17-13(6-2)16-10)7-11-8(3)14-9(4)15-11/h5-7H2,1-4H3,(H,14,15)(H,16,17). The lowest BCUT2D eigenvalue weighted by Gasteiger charge is -1.99. The molecule has 0 aliphatic rings. The van der Waals surface area contributed by atoms with Crippen molar-refractivity contribution in [3.63, 3.8) is 0 Å². The predicted molar refractivity (Wildman–Crippen MR) is 68.2 cm³/mol. The van der Waals surface area contributed by atoms with E-state index in [1.807, 2.05) is 6.92 Å². The minimum Gasteiger partial charge on any atom is -0.346 e. The average Bonchev–Trinajstić information content (AvgIpc) is 2.83. The van der Waals surface area contributed by atoms with Gasteiger partial charge in [0.2, 0.25) is 0 Å². The van der Waals surface area contributed by atoms with Gasteiger partial charge in [0.25, 0.3) is 0 Å². The zero-order chi connectivity index (χ0) is 12.4. The minimum absolute atomic E-state index is 0.840. The fourth-order valence-corrected chi connectivity index (χ4v) is 2.11. The van der Waals surface area contributed by atoms with Crippen molar-refractivity contribution < 1.29 is 0 Å². The Labute approximate surface area is 102 Å². The van der Waals surface area contributed by atoms with Crippen LogP contribution in [0.1, 0.15) is 48.3 Å². The van der Waals surface area contributed by atoms with E-state index in [1.54, 1.807) is 0 Å². The Hall–Kier alpha value is -1.58. The average molecular weight is 232 g/mol. The summed E-state index contributed by atoms with van der Waals surface area (Å²) in [5.74, 6) is 2.05. The number of rotatable bonds is 4. The third-order valence-electron chi connectivity index (χ3n) is 3.03. The molecule has 4 nitrogen and oxygen atoms in total. The highest BCUT2D eigenvalue weighted by Gasteiger charge is 2.11. The normalized spacial score (nSPS) is 11.1. The molecular formula is C13H20N4. The number of imidazole rings is 2. The van der Waals surface area contributed by atoms with E-state index in [0.717, 1.165) is 42.3 Å². The molecule has 92 valence electrons. The van der Waals surface area contributed by atoms with Gasteiger partial charge in [0.1, 0.15) is 11.6 Å². The highest BCUT2D eigenvalue weighted by Crippen LogP contribution is 2.15. The van der Waals surface area contributed by atoms with Gasteiger partial charge in [-0.3, -0.25) is 0 Å². The summed E-state index contributed by atoms with van der Waals surface area (Å²) < 4.78 is 0. The lowest BCUT2D eigenvalue weighted by atomic mass is 10.1. The van der Waals surface area contributed by atoms with Crippen LogP contribution >= 0.6 is 0 Å². The van der Waals surface area contributed by atoms with Crippen molar-refractivity contribution in [3.05, 3.63) is 34.4 Å². The van der Waals surface area contributed by atoms with Gasteiger partial charge < -0.3 is 9.97 Å². The second kappa shape index (κ2) is 4.73. The van der Waals surface area contributed by atoms with E-state index in [0.29, 0.717) is 0 Å². The molecule has 0 fully saturated rings. The smallest absolute Gasteiger partial charge is 0.106 e. The first-order chi connectivity index (χ1) is 8.13. The van der Waals surface area contributed by atoms with Crippen molar-refractivity contribution in [1.29, 1.82) is 0 Å². The molecule has 0 saturated heterocycles. The predicted octanol–water partition coefficient (Wildman–Crippen LogP) is 2.47. The number of aromatic nitrogens is 4. The molecule has 2 aromatic rings. The van der Waals surface area contributed by atoms with Crippen LogP contribution in [0.4, 0.5) is 0 Å². The van der Waals surface area contributed by atoms with Gasteiger partial charge in [0, 0.05) is 24.2 Å². The van der Waals surface area contributed by atoms with E-state index in [-0.39, 0.29) is 0 Å². The second-order valence-corrected chi connectivity index (χ2v) is 4.39. The second-order valence-electron chi connectivity index (χ2n) is 4.39. The Morgan fingerprint density at radius 1 is 0.941 bits per heavy atom. The van der Waals surface area contributed by atoms with Crippen LogP contribution in [0.15, 0.2) is 0 Å². The van der Waals surface area contributed by atoms with Gasteiger partial charge in [0.05, 0.1) is 11.4 Å². The van der Waals surface area contributed by atoms with Crippen LogP contribution in [-0.4, -0.2) is 19.9 Å². The van der Waals surface area contributed by atoms with Gasteiger partial charge in [-0.2, -0.15) is 0 Å². The van der Waals surface area contributed by atoms with E-state index >= 15 is 0 Å². The van der Waals surface area contributed by atoms with Crippen molar-refractivity contribution in [3.8, 4) is 0 Å². The maximum atomic E-state index is 4.59. The fourth-order valence-electron chi connectivity index (χ4n) is 2.11. The number of nitrogens with zero attached hydrogens (tertiary/aromatic N) is 2. The van der Waals surface area contributed by atoms with E-state index in [9.17, 15) is 0 Å². The van der Waals surface area contributed by atoms with Crippen LogP contribution in [0, 0.1) is 13.8 Å². The Balaban J connectivity index is 2.28. The molecule has 0 atom stereocenters. The molecule has 0 saturated carbocycles. The van der Waals surface area contributed by atoms with Crippen molar-refractivity contribution in [2.45, 2.75) is 47.0 Å². The number of aryl methyl sites for hydroxylation is 4. The molecule has 2 N–H and O–H groups in total. The Bertz CT molecular complexity index is 507. The minimum atomic E-state index is 0.840. The van der Waals surface area contributed by atoms with Crippen LogP contribution in [-0.2, 0) is 19.3 Å². The first-order valence-corrected chi connectivity index (χ1v) is 6.22. The molecule has 0 aliphatic carbocycles. The molecule has 0 amide bonds. The van der Waals surface area contributed by atoms with Crippen LogP contribution in [0.5, 0.6) is 0 Å². The number of hydrogen-bond acceptors (Lipinski definition) is 2. The molecule has 0 radical (unpaired) electrons. The first-order valence-electron chi connectivity index (χ1n) is 6.22. The number of H-pyrrole nitrogens is 2. The van der Waals surface area contributed by atoms with Gasteiger partial charge in [-0.25, -0.2) is 9.97 Å². The molecule has 2 rings (SSSR count). The molecule has 0 aromatic carbocycles. The molecule has 2 aromatic heterocycles. The lowest BCUT2D eigenvalue weighted by Crippen LogP contribution is -1.96. The van der Waals surface area contributed by atoms with Crippen molar-refractivity contribution in [1.82, 2.24) is 19.9 Å².